The molecule has 0 radical (unpaired) electrons. The highest BCUT2D eigenvalue weighted by Crippen LogP contribution is 2.48. The molecule has 0 aromatic heterocycles. The molecule has 10 heteroatoms. The molecule has 2 unspecified atom stereocenters. The van der Waals surface area contributed by atoms with E-state index >= 15 is 0 Å². The second kappa shape index (κ2) is 11.0. The van der Waals surface area contributed by atoms with Gasteiger partial charge in [0.05, 0.1) is 33.1 Å². The van der Waals surface area contributed by atoms with Gasteiger partial charge in [-0.15, -0.1) is 0 Å². The molecule has 0 amide bonds. The quantitative estimate of drug-likeness (QED) is 0.276. The Hall–Kier alpha value is -1.82. The number of ether oxygens (including phenoxy) is 2. The second-order valence-electron chi connectivity index (χ2n) is 12.5. The molecule has 2 saturated carbocycles. The predicted molar refractivity (Wildman–Crippen MR) is 156 cm³/mol. The predicted octanol–water partition coefficient (Wildman–Crippen LogP) is 5.15. The molecular formula is C31H42N2O6S2. The Morgan fingerprint density at radius 2 is 0.951 bits per heavy atom. The Morgan fingerprint density at radius 1 is 0.610 bits per heavy atom. The van der Waals surface area contributed by atoms with Crippen molar-refractivity contribution >= 4 is 20.0 Å². The first-order valence-electron chi connectivity index (χ1n) is 15.0. The van der Waals surface area contributed by atoms with E-state index in [1.807, 2.05) is 38.1 Å². The molecular weight excluding hydrogens is 560 g/mol. The molecule has 4 atom stereocenters. The molecule has 2 saturated heterocycles. The fourth-order valence-corrected chi connectivity index (χ4v) is 10.3. The van der Waals surface area contributed by atoms with Crippen molar-refractivity contribution in [1.82, 2.24) is 8.61 Å². The van der Waals surface area contributed by atoms with Crippen LogP contribution >= 0.6 is 0 Å². The van der Waals surface area contributed by atoms with Crippen molar-refractivity contribution in [2.45, 2.75) is 111 Å². The van der Waals surface area contributed by atoms with Gasteiger partial charge in [-0.2, -0.15) is 8.61 Å². The summed E-state index contributed by atoms with van der Waals surface area (Å²) in [6.45, 7) is 4.83. The highest BCUT2D eigenvalue weighted by Gasteiger charge is 2.60. The summed E-state index contributed by atoms with van der Waals surface area (Å²) >= 11 is 0. The van der Waals surface area contributed by atoms with Crippen molar-refractivity contribution in [3.63, 3.8) is 0 Å². The van der Waals surface area contributed by atoms with Crippen LogP contribution in [0.4, 0.5) is 0 Å². The van der Waals surface area contributed by atoms with E-state index in [0.717, 1.165) is 75.3 Å². The van der Waals surface area contributed by atoms with Crippen LogP contribution in [0.1, 0.15) is 75.3 Å². The Balaban J connectivity index is 1.16. The van der Waals surface area contributed by atoms with Crippen LogP contribution in [-0.4, -0.2) is 68.6 Å². The molecule has 2 aliphatic carbocycles. The van der Waals surface area contributed by atoms with Crippen LogP contribution in [0.15, 0.2) is 58.3 Å². The fourth-order valence-electron chi connectivity index (χ4n) is 7.04. The minimum atomic E-state index is -3.59. The summed E-state index contributed by atoms with van der Waals surface area (Å²) in [5.41, 5.74) is 0.882. The van der Waals surface area contributed by atoms with E-state index in [9.17, 15) is 16.8 Å². The van der Waals surface area contributed by atoms with Gasteiger partial charge >= 0.3 is 0 Å². The summed E-state index contributed by atoms with van der Waals surface area (Å²) in [5.74, 6) is 0. The second-order valence-corrected chi connectivity index (χ2v) is 16.2. The molecule has 41 heavy (non-hydrogen) atoms. The molecule has 2 heterocycles. The van der Waals surface area contributed by atoms with Crippen molar-refractivity contribution in [2.75, 3.05) is 19.9 Å². The summed E-state index contributed by atoms with van der Waals surface area (Å²) in [6, 6.07) is 13.6. The number of hydrogen-bond donors (Lipinski definition) is 0. The van der Waals surface area contributed by atoms with E-state index in [0.29, 0.717) is 22.9 Å². The maximum atomic E-state index is 13.4. The molecule has 4 fully saturated rings. The standard InChI is InChI=1S/C31H42N2O6S2/c1-24-9-13-26(14-10-24)40(34,35)32-21-28(32)30(17-5-3-6-18-30)38-23-39-31(19-7-4-8-20-31)29-22-33(29)41(36,37)27-15-11-25(2)12-16-27/h9-16,28-29H,3-8,17-23H2,1-2H3/t28-,29-,32?,33?/m1/s1. The van der Waals surface area contributed by atoms with Crippen molar-refractivity contribution in [2.24, 2.45) is 0 Å². The summed E-state index contributed by atoms with van der Waals surface area (Å²) < 4.78 is 70.0. The zero-order valence-electron chi connectivity index (χ0n) is 24.1. The zero-order chi connectivity index (χ0) is 28.9. The number of sulfonamides is 2. The van der Waals surface area contributed by atoms with Gasteiger partial charge in [0.2, 0.25) is 20.0 Å². The van der Waals surface area contributed by atoms with Crippen molar-refractivity contribution < 1.29 is 26.3 Å². The number of nitrogens with zero attached hydrogens (tertiary/aromatic N) is 2. The molecule has 0 N–H and O–H groups in total. The minimum absolute atomic E-state index is 0.0455. The molecule has 8 nitrogen and oxygen atoms in total. The van der Waals surface area contributed by atoms with E-state index in [-0.39, 0.29) is 18.9 Å². The summed E-state index contributed by atoms with van der Waals surface area (Å²) in [5, 5.41) is 0. The number of rotatable bonds is 10. The van der Waals surface area contributed by atoms with Crippen molar-refractivity contribution in [1.29, 1.82) is 0 Å². The van der Waals surface area contributed by atoms with E-state index in [2.05, 4.69) is 0 Å². The molecule has 0 bridgehead atoms. The third-order valence-electron chi connectivity index (χ3n) is 9.70. The van der Waals surface area contributed by atoms with Crippen LogP contribution in [0, 0.1) is 13.8 Å². The normalized spacial score (nSPS) is 29.1. The molecule has 224 valence electrons. The number of aryl methyl sites for hydroxylation is 2. The molecule has 0 spiro atoms. The van der Waals surface area contributed by atoms with Crippen LogP contribution in [0.5, 0.6) is 0 Å². The van der Waals surface area contributed by atoms with Crippen LogP contribution in [-0.2, 0) is 29.5 Å². The lowest BCUT2D eigenvalue weighted by molar-refractivity contribution is -0.211. The third-order valence-corrected chi connectivity index (χ3v) is 13.5. The van der Waals surface area contributed by atoms with E-state index in [1.54, 1.807) is 32.9 Å². The van der Waals surface area contributed by atoms with Gasteiger partial charge in [-0.3, -0.25) is 0 Å². The Labute approximate surface area is 245 Å². The molecule has 2 aliphatic heterocycles. The Morgan fingerprint density at radius 3 is 1.29 bits per heavy atom. The molecule has 2 aromatic rings. The monoisotopic (exact) mass is 602 g/mol. The van der Waals surface area contributed by atoms with Crippen molar-refractivity contribution in [3.8, 4) is 0 Å². The molecule has 6 rings (SSSR count). The van der Waals surface area contributed by atoms with Crippen LogP contribution in [0.3, 0.4) is 0 Å². The van der Waals surface area contributed by atoms with Gasteiger partial charge in [-0.1, -0.05) is 73.9 Å². The van der Waals surface area contributed by atoms with Crippen LogP contribution in [0.2, 0.25) is 0 Å². The molecule has 4 aliphatic rings. The van der Waals surface area contributed by atoms with Gasteiger partial charge in [0.1, 0.15) is 6.79 Å². The third kappa shape index (κ3) is 5.63. The fraction of sp³-hybridized carbons (Fsp3) is 0.613. The van der Waals surface area contributed by atoms with Crippen molar-refractivity contribution in [3.05, 3.63) is 59.7 Å². The van der Waals surface area contributed by atoms with Gasteiger partial charge in [-0.25, -0.2) is 16.8 Å². The minimum Gasteiger partial charge on any atom is -0.347 e. The van der Waals surface area contributed by atoms with E-state index < -0.39 is 31.2 Å². The first-order chi connectivity index (χ1) is 19.6. The van der Waals surface area contributed by atoms with Gasteiger partial charge in [0.25, 0.3) is 0 Å². The average molecular weight is 603 g/mol. The summed E-state index contributed by atoms with van der Waals surface area (Å²) in [4.78, 5) is 0.634. The number of hydrogen-bond acceptors (Lipinski definition) is 6. The summed E-state index contributed by atoms with van der Waals surface area (Å²) in [6.07, 6.45) is 9.38. The topological polar surface area (TPSA) is 92.8 Å². The maximum Gasteiger partial charge on any atom is 0.243 e. The lowest BCUT2D eigenvalue weighted by Gasteiger charge is -2.41. The highest BCUT2D eigenvalue weighted by atomic mass is 32.2. The maximum absolute atomic E-state index is 13.4. The molecule has 2 aromatic carbocycles. The summed E-state index contributed by atoms with van der Waals surface area (Å²) in [7, 11) is -7.19. The van der Waals surface area contributed by atoms with E-state index in [1.165, 1.54) is 0 Å². The SMILES string of the molecule is Cc1ccc(S(=O)(=O)N2C[C@@H]2C2(OCOC3([C@H]4CN4S(=O)(=O)c4ccc(C)cc4)CCCCC3)CCCCC2)cc1. The van der Waals surface area contributed by atoms with Gasteiger partial charge in [-0.05, 0) is 63.8 Å². The Kier molecular flexibility index (Phi) is 7.87. The largest absolute Gasteiger partial charge is 0.347 e. The first kappa shape index (κ1) is 29.3. The first-order valence-corrected chi connectivity index (χ1v) is 17.9. The van der Waals surface area contributed by atoms with E-state index in [4.69, 9.17) is 9.47 Å². The lowest BCUT2D eigenvalue weighted by atomic mass is 9.81. The van der Waals surface area contributed by atoms with Crippen LogP contribution in [0.25, 0.3) is 0 Å². The lowest BCUT2D eigenvalue weighted by Crippen LogP contribution is -2.47. The number of benzene rings is 2. The zero-order valence-corrected chi connectivity index (χ0v) is 25.8. The average Bonchev–Trinajstić information content (AvgIpc) is 3.88. The van der Waals surface area contributed by atoms with Gasteiger partial charge < -0.3 is 9.47 Å². The Bertz CT molecular complexity index is 1330. The highest BCUT2D eigenvalue weighted by molar-refractivity contribution is 7.89. The van der Waals surface area contributed by atoms with Gasteiger partial charge in [0, 0.05) is 13.1 Å². The smallest absolute Gasteiger partial charge is 0.243 e. The van der Waals surface area contributed by atoms with Crippen LogP contribution < -0.4 is 0 Å². The van der Waals surface area contributed by atoms with Gasteiger partial charge in [0.15, 0.2) is 0 Å².